The molecule has 0 radical (unpaired) electrons. The van der Waals surface area contributed by atoms with Crippen LogP contribution in [-0.2, 0) is 26.9 Å². The summed E-state index contributed by atoms with van der Waals surface area (Å²) in [6, 6.07) is 27.4. The predicted octanol–water partition coefficient (Wildman–Crippen LogP) is 5.57. The lowest BCUT2D eigenvalue weighted by Crippen LogP contribution is -2.49. The van der Waals surface area contributed by atoms with Crippen LogP contribution in [0.25, 0.3) is 16.7 Å². The molecular weight excluding hydrogens is 452 g/mol. The quantitative estimate of drug-likeness (QED) is 0.362. The first-order valence-electron chi connectivity index (χ1n) is 11.8. The second kappa shape index (κ2) is 8.03. The summed E-state index contributed by atoms with van der Waals surface area (Å²) in [5.41, 5.74) is 2.79. The molecule has 4 aromatic rings. The number of nitriles is 1. The van der Waals surface area contributed by atoms with Gasteiger partial charge >= 0.3 is 5.97 Å². The first-order chi connectivity index (χ1) is 17.5. The molecule has 0 amide bonds. The molecule has 0 saturated heterocycles. The van der Waals surface area contributed by atoms with Crippen molar-refractivity contribution in [2.45, 2.75) is 18.6 Å². The monoisotopic (exact) mass is 476 g/mol. The summed E-state index contributed by atoms with van der Waals surface area (Å²) >= 11 is 0. The topological polar surface area (TPSA) is 73.5 Å². The van der Waals surface area contributed by atoms with Crippen molar-refractivity contribution in [3.05, 3.63) is 107 Å². The lowest BCUT2D eigenvalue weighted by atomic mass is 9.71. The number of benzene rings is 3. The second-order valence-electron chi connectivity index (χ2n) is 9.18. The summed E-state index contributed by atoms with van der Waals surface area (Å²) in [5, 5.41) is 11.4. The number of nitrogens with zero attached hydrogens (tertiary/aromatic N) is 2. The number of methoxy groups -OCH3 is 1. The molecule has 6 nitrogen and oxygen atoms in total. The molecule has 6 heteroatoms. The van der Waals surface area contributed by atoms with E-state index in [-0.39, 0.29) is 0 Å². The summed E-state index contributed by atoms with van der Waals surface area (Å²) in [6.07, 6.45) is -0.656. The highest BCUT2D eigenvalue weighted by Crippen LogP contribution is 2.62. The number of hydrogen-bond donors (Lipinski definition) is 0. The van der Waals surface area contributed by atoms with Gasteiger partial charge in [0, 0.05) is 18.0 Å². The fourth-order valence-electron chi connectivity index (χ4n) is 5.76. The van der Waals surface area contributed by atoms with Crippen LogP contribution in [0.5, 0.6) is 5.88 Å². The van der Waals surface area contributed by atoms with Crippen molar-refractivity contribution in [1.29, 1.82) is 5.26 Å². The van der Waals surface area contributed by atoms with Gasteiger partial charge in [0.1, 0.15) is 11.9 Å². The highest BCUT2D eigenvalue weighted by molar-refractivity contribution is 5.99. The summed E-state index contributed by atoms with van der Waals surface area (Å²) in [4.78, 5) is 14.0. The van der Waals surface area contributed by atoms with Gasteiger partial charge in [-0.1, -0.05) is 72.8 Å². The zero-order valence-electron chi connectivity index (χ0n) is 20.2. The molecule has 0 N–H and O–H groups in total. The van der Waals surface area contributed by atoms with Gasteiger partial charge in [-0.3, -0.25) is 0 Å². The number of ether oxygens (including phenoxy) is 3. The molecule has 2 aliphatic heterocycles. The largest absolute Gasteiger partial charge is 0.469 e. The number of hydrogen-bond acceptors (Lipinski definition) is 5. The predicted molar refractivity (Wildman–Crippen MR) is 135 cm³/mol. The van der Waals surface area contributed by atoms with Crippen molar-refractivity contribution in [2.75, 3.05) is 7.11 Å². The average molecular weight is 477 g/mol. The van der Waals surface area contributed by atoms with Crippen LogP contribution in [0.1, 0.15) is 28.4 Å². The van der Waals surface area contributed by atoms with Crippen molar-refractivity contribution in [2.24, 2.45) is 13.0 Å². The summed E-state index contributed by atoms with van der Waals surface area (Å²) in [5.74, 6) is -0.421. The Labute approximate surface area is 208 Å². The maximum atomic E-state index is 14.0. The van der Waals surface area contributed by atoms with Crippen LogP contribution in [0.2, 0.25) is 0 Å². The van der Waals surface area contributed by atoms with Gasteiger partial charge in [0.2, 0.25) is 11.5 Å². The molecule has 0 aliphatic carbocycles. The molecule has 1 aromatic heterocycles. The van der Waals surface area contributed by atoms with Gasteiger partial charge in [-0.25, -0.2) is 4.79 Å². The molecule has 0 unspecified atom stereocenters. The molecule has 36 heavy (non-hydrogen) atoms. The van der Waals surface area contributed by atoms with Gasteiger partial charge in [0.05, 0.1) is 35.8 Å². The number of rotatable bonds is 3. The highest BCUT2D eigenvalue weighted by atomic mass is 16.6. The number of carbonyl (C=O) groups is 1. The zero-order valence-corrected chi connectivity index (χ0v) is 20.2. The molecule has 0 fully saturated rings. The lowest BCUT2D eigenvalue weighted by molar-refractivity contribution is -0.171. The molecule has 0 bridgehead atoms. The molecule has 3 atom stereocenters. The summed E-state index contributed by atoms with van der Waals surface area (Å²) in [6.45, 7) is 2.00. The molecule has 3 aromatic carbocycles. The summed E-state index contributed by atoms with van der Waals surface area (Å²) in [7, 11) is 3.27. The molecule has 178 valence electrons. The van der Waals surface area contributed by atoms with E-state index >= 15 is 0 Å². The number of esters is 1. The summed E-state index contributed by atoms with van der Waals surface area (Å²) < 4.78 is 20.9. The minimum atomic E-state index is -1.61. The van der Waals surface area contributed by atoms with Crippen LogP contribution in [0.15, 0.2) is 84.4 Å². The van der Waals surface area contributed by atoms with Crippen LogP contribution in [0, 0.1) is 24.2 Å². The van der Waals surface area contributed by atoms with E-state index in [1.165, 1.54) is 7.11 Å². The van der Waals surface area contributed by atoms with Crippen LogP contribution in [0.4, 0.5) is 0 Å². The van der Waals surface area contributed by atoms with E-state index in [9.17, 15) is 10.1 Å². The fourth-order valence-corrected chi connectivity index (χ4v) is 5.76. The second-order valence-corrected chi connectivity index (χ2v) is 9.18. The molecule has 6 rings (SSSR count). The molecule has 0 saturated carbocycles. The first-order valence-corrected chi connectivity index (χ1v) is 11.8. The first kappa shape index (κ1) is 22.0. The minimum Gasteiger partial charge on any atom is -0.469 e. The van der Waals surface area contributed by atoms with Crippen LogP contribution >= 0.6 is 0 Å². The Bertz CT molecular complexity index is 1580. The van der Waals surface area contributed by atoms with E-state index in [0.717, 1.165) is 27.6 Å². The van der Waals surface area contributed by atoms with Crippen molar-refractivity contribution in [3.8, 4) is 11.9 Å². The van der Waals surface area contributed by atoms with Crippen molar-refractivity contribution < 1.29 is 19.0 Å². The number of fused-ring (bicyclic) bond motifs is 5. The molecule has 2 aliphatic rings. The van der Waals surface area contributed by atoms with Crippen LogP contribution in [0.3, 0.4) is 0 Å². The molecule has 0 spiro atoms. The standard InChI is InChI=1S/C30H24N2O4/c1-18-11-10-16-22-23(18)25-28(32(22)2)35-27(20-14-8-5-9-15-20)24-21(17-31)26(19-12-6-4-7-13-19)36-30(24,25)29(33)34-3/h4-16,24,27H,1-3H3/t24-,27-,30-/m1/s1. The van der Waals surface area contributed by atoms with Gasteiger partial charge in [0.15, 0.2) is 0 Å². The smallest absolute Gasteiger partial charge is 0.356 e. The van der Waals surface area contributed by atoms with Gasteiger partial charge < -0.3 is 18.8 Å². The third-order valence-corrected chi connectivity index (χ3v) is 7.32. The van der Waals surface area contributed by atoms with E-state index in [0.29, 0.717) is 22.8 Å². The molecule has 3 heterocycles. The lowest BCUT2D eigenvalue weighted by Gasteiger charge is -2.41. The van der Waals surface area contributed by atoms with Gasteiger partial charge in [-0.2, -0.15) is 5.26 Å². The number of carbonyl (C=O) groups excluding carboxylic acids is 1. The minimum absolute atomic E-state index is 0.358. The Morgan fingerprint density at radius 1 is 1.03 bits per heavy atom. The number of aryl methyl sites for hydroxylation is 2. The Morgan fingerprint density at radius 2 is 1.72 bits per heavy atom. The Kier molecular flexibility index (Phi) is 4.90. The van der Waals surface area contributed by atoms with Crippen molar-refractivity contribution in [3.63, 3.8) is 0 Å². The van der Waals surface area contributed by atoms with Crippen LogP contribution < -0.4 is 4.74 Å². The zero-order chi connectivity index (χ0) is 25.0. The Morgan fingerprint density at radius 3 is 2.39 bits per heavy atom. The van der Waals surface area contributed by atoms with Gasteiger partial charge in [0.25, 0.3) is 0 Å². The average Bonchev–Trinajstić information content (AvgIpc) is 3.43. The Balaban J connectivity index is 1.75. The maximum Gasteiger partial charge on any atom is 0.356 e. The van der Waals surface area contributed by atoms with Crippen molar-refractivity contribution in [1.82, 2.24) is 4.57 Å². The maximum absolute atomic E-state index is 14.0. The van der Waals surface area contributed by atoms with Gasteiger partial charge in [-0.15, -0.1) is 0 Å². The third-order valence-electron chi connectivity index (χ3n) is 7.32. The van der Waals surface area contributed by atoms with E-state index < -0.39 is 23.6 Å². The van der Waals surface area contributed by atoms with E-state index in [4.69, 9.17) is 14.2 Å². The van der Waals surface area contributed by atoms with E-state index in [1.54, 1.807) is 0 Å². The SMILES string of the molecule is COC(=O)[C@@]12OC(c3ccccc3)=C(C#N)[C@@H]1[C@@H](c1ccccc1)Oc1c2c2c(C)cccc2n1C. The third kappa shape index (κ3) is 2.80. The molecular formula is C30H24N2O4. The normalized spacial score (nSPS) is 22.3. The van der Waals surface area contributed by atoms with E-state index in [2.05, 4.69) is 6.07 Å². The number of aromatic nitrogens is 1. The van der Waals surface area contributed by atoms with Gasteiger partial charge in [-0.05, 0) is 24.1 Å². The van der Waals surface area contributed by atoms with E-state index in [1.807, 2.05) is 97.4 Å². The van der Waals surface area contributed by atoms with Crippen molar-refractivity contribution >= 4 is 22.6 Å². The highest BCUT2D eigenvalue weighted by Gasteiger charge is 2.66. The van der Waals surface area contributed by atoms with Crippen LogP contribution in [-0.4, -0.2) is 17.6 Å². The Hall–Kier alpha value is -4.50. The fraction of sp³-hybridized carbons (Fsp3) is 0.200.